The third-order valence-corrected chi connectivity index (χ3v) is 3.20. The van der Waals surface area contributed by atoms with E-state index in [4.69, 9.17) is 10.5 Å². The predicted molar refractivity (Wildman–Crippen MR) is 67.4 cm³/mol. The number of hydrogen-bond donors (Lipinski definition) is 2. The summed E-state index contributed by atoms with van der Waals surface area (Å²) in [6.45, 7) is 0. The lowest BCUT2D eigenvalue weighted by Gasteiger charge is -2.17. The Morgan fingerprint density at radius 3 is 2.71 bits per heavy atom. The van der Waals surface area contributed by atoms with Crippen molar-refractivity contribution in [1.82, 2.24) is 0 Å². The van der Waals surface area contributed by atoms with Crippen LogP contribution in [0.2, 0.25) is 0 Å². The summed E-state index contributed by atoms with van der Waals surface area (Å²) in [6.07, 6.45) is 4.86. The van der Waals surface area contributed by atoms with Crippen LogP contribution in [0.4, 0.5) is 5.69 Å². The van der Waals surface area contributed by atoms with E-state index < -0.39 is 5.91 Å². The van der Waals surface area contributed by atoms with Crippen molar-refractivity contribution in [3.05, 3.63) is 23.8 Å². The van der Waals surface area contributed by atoms with E-state index in [1.807, 2.05) is 0 Å². The SMILES string of the molecule is COc1ccc(C(N)=O)cc1NC1CCCC1. The summed E-state index contributed by atoms with van der Waals surface area (Å²) >= 11 is 0. The quantitative estimate of drug-likeness (QED) is 0.839. The van der Waals surface area contributed by atoms with Crippen molar-refractivity contribution in [1.29, 1.82) is 0 Å². The topological polar surface area (TPSA) is 64.3 Å². The zero-order valence-electron chi connectivity index (χ0n) is 10.0. The van der Waals surface area contributed by atoms with Crippen molar-refractivity contribution in [2.45, 2.75) is 31.7 Å². The summed E-state index contributed by atoms with van der Waals surface area (Å²) in [5.74, 6) is 0.337. The summed E-state index contributed by atoms with van der Waals surface area (Å²) in [5, 5.41) is 3.42. The third kappa shape index (κ3) is 2.70. The van der Waals surface area contributed by atoms with Gasteiger partial charge in [-0.05, 0) is 31.0 Å². The number of ether oxygens (including phenoxy) is 1. The average Bonchev–Trinajstić information content (AvgIpc) is 2.81. The molecule has 92 valence electrons. The van der Waals surface area contributed by atoms with Gasteiger partial charge in [-0.3, -0.25) is 4.79 Å². The first-order valence-corrected chi connectivity index (χ1v) is 5.95. The van der Waals surface area contributed by atoms with Crippen LogP contribution in [0, 0.1) is 0 Å². The molecule has 0 atom stereocenters. The fourth-order valence-electron chi connectivity index (χ4n) is 2.26. The first-order valence-electron chi connectivity index (χ1n) is 5.95. The Morgan fingerprint density at radius 2 is 2.12 bits per heavy atom. The van der Waals surface area contributed by atoms with Crippen molar-refractivity contribution in [2.24, 2.45) is 5.73 Å². The third-order valence-electron chi connectivity index (χ3n) is 3.20. The number of hydrogen-bond acceptors (Lipinski definition) is 3. The molecule has 1 aromatic rings. The molecule has 1 aromatic carbocycles. The van der Waals surface area contributed by atoms with Gasteiger partial charge in [0.1, 0.15) is 5.75 Å². The Morgan fingerprint density at radius 1 is 1.41 bits per heavy atom. The molecule has 0 saturated heterocycles. The highest BCUT2D eigenvalue weighted by molar-refractivity contribution is 5.94. The van der Waals surface area contributed by atoms with E-state index in [1.54, 1.807) is 25.3 Å². The van der Waals surface area contributed by atoms with Crippen molar-refractivity contribution in [3.63, 3.8) is 0 Å². The number of anilines is 1. The summed E-state index contributed by atoms with van der Waals surface area (Å²) in [4.78, 5) is 11.1. The lowest BCUT2D eigenvalue weighted by atomic mass is 10.1. The molecule has 0 radical (unpaired) electrons. The van der Waals surface area contributed by atoms with Crippen LogP contribution >= 0.6 is 0 Å². The molecule has 1 saturated carbocycles. The van der Waals surface area contributed by atoms with E-state index >= 15 is 0 Å². The Kier molecular flexibility index (Phi) is 3.52. The van der Waals surface area contributed by atoms with Crippen LogP contribution in [0.1, 0.15) is 36.0 Å². The molecule has 0 spiro atoms. The molecular weight excluding hydrogens is 216 g/mol. The normalized spacial score (nSPS) is 15.8. The van der Waals surface area contributed by atoms with E-state index in [9.17, 15) is 4.79 Å². The smallest absolute Gasteiger partial charge is 0.248 e. The second-order valence-corrected chi connectivity index (χ2v) is 4.41. The number of primary amides is 1. The van der Waals surface area contributed by atoms with Gasteiger partial charge in [0, 0.05) is 11.6 Å². The Labute approximate surface area is 101 Å². The van der Waals surface area contributed by atoms with Gasteiger partial charge in [-0.1, -0.05) is 12.8 Å². The number of nitrogens with two attached hydrogens (primary N) is 1. The Balaban J connectivity index is 2.21. The molecule has 0 bridgehead atoms. The molecular formula is C13H18N2O2. The van der Waals surface area contributed by atoms with Crippen LogP contribution in [-0.2, 0) is 0 Å². The number of carbonyl (C=O) groups is 1. The maximum absolute atomic E-state index is 11.1. The zero-order valence-corrected chi connectivity index (χ0v) is 10.0. The van der Waals surface area contributed by atoms with E-state index in [0.717, 1.165) is 11.4 Å². The lowest BCUT2D eigenvalue weighted by Crippen LogP contribution is -2.17. The largest absolute Gasteiger partial charge is 0.495 e. The number of methoxy groups -OCH3 is 1. The van der Waals surface area contributed by atoms with Gasteiger partial charge in [0.15, 0.2) is 0 Å². The van der Waals surface area contributed by atoms with Crippen LogP contribution in [0.3, 0.4) is 0 Å². The number of carbonyl (C=O) groups excluding carboxylic acids is 1. The van der Waals surface area contributed by atoms with E-state index in [-0.39, 0.29) is 0 Å². The van der Waals surface area contributed by atoms with Gasteiger partial charge in [0.2, 0.25) is 5.91 Å². The van der Waals surface area contributed by atoms with Crippen LogP contribution in [-0.4, -0.2) is 19.1 Å². The fraction of sp³-hybridized carbons (Fsp3) is 0.462. The summed E-state index contributed by atoms with van der Waals surface area (Å²) < 4.78 is 5.28. The second kappa shape index (κ2) is 5.08. The lowest BCUT2D eigenvalue weighted by molar-refractivity contribution is 0.100. The molecule has 3 N–H and O–H groups in total. The average molecular weight is 234 g/mol. The van der Waals surface area contributed by atoms with Crippen LogP contribution in [0.25, 0.3) is 0 Å². The molecule has 17 heavy (non-hydrogen) atoms. The molecule has 0 unspecified atom stereocenters. The minimum absolute atomic E-state index is 0.415. The molecule has 2 rings (SSSR count). The van der Waals surface area contributed by atoms with Crippen LogP contribution in [0.5, 0.6) is 5.75 Å². The standard InChI is InChI=1S/C13H18N2O2/c1-17-12-7-6-9(13(14)16)8-11(12)15-10-4-2-3-5-10/h6-8,10,15H,2-5H2,1H3,(H2,14,16). The van der Waals surface area contributed by atoms with Crippen LogP contribution < -0.4 is 15.8 Å². The fourth-order valence-corrected chi connectivity index (χ4v) is 2.26. The number of amides is 1. The summed E-state index contributed by atoms with van der Waals surface area (Å²) in [7, 11) is 1.62. The van der Waals surface area contributed by atoms with Gasteiger partial charge in [-0.25, -0.2) is 0 Å². The van der Waals surface area contributed by atoms with Crippen LogP contribution in [0.15, 0.2) is 18.2 Å². The number of nitrogens with one attached hydrogen (secondary N) is 1. The highest BCUT2D eigenvalue weighted by atomic mass is 16.5. The molecule has 4 nitrogen and oxygen atoms in total. The molecule has 1 aliphatic carbocycles. The van der Waals surface area contributed by atoms with Crippen molar-refractivity contribution >= 4 is 11.6 Å². The molecule has 0 aromatic heterocycles. The minimum Gasteiger partial charge on any atom is -0.495 e. The van der Waals surface area contributed by atoms with Crippen molar-refractivity contribution < 1.29 is 9.53 Å². The molecule has 1 aliphatic rings. The second-order valence-electron chi connectivity index (χ2n) is 4.41. The first-order chi connectivity index (χ1) is 8.20. The van der Waals surface area contributed by atoms with Crippen molar-refractivity contribution in [2.75, 3.05) is 12.4 Å². The first kappa shape index (κ1) is 11.8. The van der Waals surface area contributed by atoms with Gasteiger partial charge in [0.05, 0.1) is 12.8 Å². The summed E-state index contributed by atoms with van der Waals surface area (Å²) in [5.41, 5.74) is 6.64. The number of benzene rings is 1. The maximum Gasteiger partial charge on any atom is 0.248 e. The Hall–Kier alpha value is -1.71. The minimum atomic E-state index is -0.415. The molecule has 0 aliphatic heterocycles. The van der Waals surface area contributed by atoms with E-state index in [2.05, 4.69) is 5.32 Å². The molecule has 4 heteroatoms. The van der Waals surface area contributed by atoms with Gasteiger partial charge < -0.3 is 15.8 Å². The van der Waals surface area contributed by atoms with Gasteiger partial charge in [0.25, 0.3) is 0 Å². The van der Waals surface area contributed by atoms with Gasteiger partial charge >= 0.3 is 0 Å². The Bertz CT molecular complexity index is 412. The summed E-state index contributed by atoms with van der Waals surface area (Å²) in [6, 6.07) is 5.70. The molecule has 0 heterocycles. The zero-order chi connectivity index (χ0) is 12.3. The van der Waals surface area contributed by atoms with E-state index in [0.29, 0.717) is 11.6 Å². The van der Waals surface area contributed by atoms with Gasteiger partial charge in [-0.2, -0.15) is 0 Å². The molecule has 1 fully saturated rings. The highest BCUT2D eigenvalue weighted by Crippen LogP contribution is 2.29. The molecule has 1 amide bonds. The van der Waals surface area contributed by atoms with E-state index in [1.165, 1.54) is 25.7 Å². The number of rotatable bonds is 4. The highest BCUT2D eigenvalue weighted by Gasteiger charge is 2.17. The monoisotopic (exact) mass is 234 g/mol. The maximum atomic E-state index is 11.1. The van der Waals surface area contributed by atoms with Gasteiger partial charge in [-0.15, -0.1) is 0 Å². The van der Waals surface area contributed by atoms with Crippen molar-refractivity contribution in [3.8, 4) is 5.75 Å². The predicted octanol–water partition coefficient (Wildman–Crippen LogP) is 2.15.